The number of carbonyl (C=O) groups excluding carboxylic acids is 1. The van der Waals surface area contributed by atoms with E-state index in [4.69, 9.17) is 11.6 Å². The monoisotopic (exact) mass is 408 g/mol. The van der Waals surface area contributed by atoms with Gasteiger partial charge in [0.1, 0.15) is 5.82 Å². The normalized spacial score (nSPS) is 15.0. The van der Waals surface area contributed by atoms with E-state index in [0.717, 1.165) is 23.7 Å². The molecule has 4 nitrogen and oxygen atoms in total. The Morgan fingerprint density at radius 3 is 2.56 bits per heavy atom. The average Bonchev–Trinajstić information content (AvgIpc) is 2.69. The summed E-state index contributed by atoms with van der Waals surface area (Å²) in [5.74, 6) is -0.317. The second kappa shape index (κ2) is 9.44. The summed E-state index contributed by atoms with van der Waals surface area (Å²) in [6, 6.07) is 12.4. The molecular formula is C20H24ClFN3OS+. The quantitative estimate of drug-likeness (QED) is 0.721. The highest BCUT2D eigenvalue weighted by Crippen LogP contribution is 2.24. The summed E-state index contributed by atoms with van der Waals surface area (Å²) in [5.41, 5.74) is 1.97. The van der Waals surface area contributed by atoms with Gasteiger partial charge in [-0.15, -0.1) is 11.8 Å². The Hall–Kier alpha value is -1.76. The van der Waals surface area contributed by atoms with E-state index in [-0.39, 0.29) is 16.7 Å². The minimum atomic E-state index is -0.455. The molecule has 1 amide bonds. The van der Waals surface area contributed by atoms with Gasteiger partial charge in [-0.25, -0.2) is 4.39 Å². The maximum Gasteiger partial charge on any atom is 0.234 e. The van der Waals surface area contributed by atoms with Gasteiger partial charge in [0.05, 0.1) is 43.5 Å². The fourth-order valence-electron chi connectivity index (χ4n) is 3.10. The van der Waals surface area contributed by atoms with Crippen LogP contribution in [0.1, 0.15) is 6.92 Å². The molecule has 0 unspecified atom stereocenters. The fraction of sp³-hybridized carbons (Fsp3) is 0.350. The molecule has 0 aromatic heterocycles. The number of rotatable bonds is 6. The number of nitrogens with one attached hydrogen (secondary N) is 2. The van der Waals surface area contributed by atoms with Gasteiger partial charge >= 0.3 is 0 Å². The van der Waals surface area contributed by atoms with Crippen molar-refractivity contribution in [1.29, 1.82) is 0 Å². The summed E-state index contributed by atoms with van der Waals surface area (Å²) in [7, 11) is 0. The Labute approximate surface area is 168 Å². The number of carbonyl (C=O) groups is 1. The van der Waals surface area contributed by atoms with Gasteiger partial charge in [0, 0.05) is 16.3 Å². The number of amides is 1. The summed E-state index contributed by atoms with van der Waals surface area (Å²) in [4.78, 5) is 16.9. The van der Waals surface area contributed by atoms with Crippen LogP contribution in [-0.4, -0.2) is 44.4 Å². The van der Waals surface area contributed by atoms with Gasteiger partial charge in [0.2, 0.25) is 5.91 Å². The smallest absolute Gasteiger partial charge is 0.234 e. The summed E-state index contributed by atoms with van der Waals surface area (Å²) in [6.07, 6.45) is 0. The van der Waals surface area contributed by atoms with Crippen LogP contribution in [0.3, 0.4) is 0 Å². The van der Waals surface area contributed by atoms with Gasteiger partial charge in [-0.1, -0.05) is 11.6 Å². The van der Waals surface area contributed by atoms with Crippen molar-refractivity contribution < 1.29 is 14.1 Å². The molecule has 1 fully saturated rings. The summed E-state index contributed by atoms with van der Waals surface area (Å²) in [5, 5.41) is 2.96. The molecule has 2 N–H and O–H groups in total. The molecule has 2 aromatic rings. The third kappa shape index (κ3) is 5.61. The molecule has 3 rings (SSSR count). The first-order chi connectivity index (χ1) is 13.0. The highest BCUT2D eigenvalue weighted by Gasteiger charge is 2.18. The predicted molar refractivity (Wildman–Crippen MR) is 111 cm³/mol. The van der Waals surface area contributed by atoms with E-state index in [1.807, 2.05) is 12.1 Å². The van der Waals surface area contributed by atoms with Crippen molar-refractivity contribution in [1.82, 2.24) is 0 Å². The van der Waals surface area contributed by atoms with Crippen molar-refractivity contribution in [3.63, 3.8) is 0 Å². The zero-order chi connectivity index (χ0) is 19.2. The van der Waals surface area contributed by atoms with E-state index in [9.17, 15) is 9.18 Å². The number of piperazine rings is 1. The maximum absolute atomic E-state index is 13.2. The van der Waals surface area contributed by atoms with E-state index in [0.29, 0.717) is 0 Å². The molecule has 0 atom stereocenters. The molecule has 144 valence electrons. The first-order valence-corrected chi connectivity index (χ1v) is 10.5. The van der Waals surface area contributed by atoms with Crippen molar-refractivity contribution in [2.24, 2.45) is 0 Å². The lowest BCUT2D eigenvalue weighted by atomic mass is 10.2. The number of thioether (sulfide) groups is 1. The first-order valence-electron chi connectivity index (χ1n) is 9.11. The van der Waals surface area contributed by atoms with Crippen molar-refractivity contribution >= 4 is 40.6 Å². The Bertz CT molecular complexity index is 779. The SMILES string of the molecule is CC[NH+]1CCN(c2ccc(NC(=O)CSc3ccc(F)c(Cl)c3)cc2)CC1. The molecule has 1 saturated heterocycles. The molecule has 0 saturated carbocycles. The number of quaternary nitrogens is 1. The third-order valence-corrected chi connectivity index (χ3v) is 6.03. The van der Waals surface area contributed by atoms with E-state index in [1.54, 1.807) is 11.0 Å². The number of hydrogen-bond donors (Lipinski definition) is 2. The lowest BCUT2D eigenvalue weighted by Gasteiger charge is -2.33. The van der Waals surface area contributed by atoms with Crippen molar-refractivity contribution in [2.75, 3.05) is 48.7 Å². The topological polar surface area (TPSA) is 36.8 Å². The van der Waals surface area contributed by atoms with E-state index in [1.165, 1.54) is 49.2 Å². The Morgan fingerprint density at radius 2 is 1.93 bits per heavy atom. The van der Waals surface area contributed by atoms with E-state index in [2.05, 4.69) is 29.3 Å². The van der Waals surface area contributed by atoms with Gasteiger partial charge in [0.15, 0.2) is 0 Å². The van der Waals surface area contributed by atoms with Gasteiger partial charge in [-0.3, -0.25) is 4.79 Å². The molecule has 1 heterocycles. The fourth-order valence-corrected chi connectivity index (χ4v) is 4.08. The van der Waals surface area contributed by atoms with Crippen LogP contribution >= 0.6 is 23.4 Å². The molecule has 7 heteroatoms. The second-order valence-corrected chi connectivity index (χ2v) is 8.01. The third-order valence-electron chi connectivity index (χ3n) is 4.75. The molecule has 0 radical (unpaired) electrons. The molecule has 27 heavy (non-hydrogen) atoms. The van der Waals surface area contributed by atoms with E-state index < -0.39 is 5.82 Å². The molecule has 0 spiro atoms. The zero-order valence-corrected chi connectivity index (χ0v) is 16.9. The Morgan fingerprint density at radius 1 is 1.22 bits per heavy atom. The van der Waals surface area contributed by atoms with Gasteiger partial charge in [0.25, 0.3) is 0 Å². The Kier molecular flexibility index (Phi) is 6.99. The molecule has 1 aliphatic heterocycles. The molecular weight excluding hydrogens is 385 g/mol. The summed E-state index contributed by atoms with van der Waals surface area (Å²) < 4.78 is 13.2. The minimum Gasteiger partial charge on any atom is -0.360 e. The van der Waals surface area contributed by atoms with Crippen LogP contribution in [0.5, 0.6) is 0 Å². The lowest BCUT2D eigenvalue weighted by Crippen LogP contribution is -3.14. The highest BCUT2D eigenvalue weighted by molar-refractivity contribution is 8.00. The second-order valence-electron chi connectivity index (χ2n) is 6.55. The molecule has 1 aliphatic rings. The number of likely N-dealkylation sites (N-methyl/N-ethyl adjacent to an activating group) is 1. The molecule has 0 aliphatic carbocycles. The van der Waals surface area contributed by atoms with Crippen LogP contribution in [-0.2, 0) is 4.79 Å². The van der Waals surface area contributed by atoms with Gasteiger partial charge in [-0.05, 0) is 49.4 Å². The van der Waals surface area contributed by atoms with Crippen molar-refractivity contribution in [3.05, 3.63) is 53.3 Å². The average molecular weight is 409 g/mol. The number of hydrogen-bond acceptors (Lipinski definition) is 3. The lowest BCUT2D eigenvalue weighted by molar-refractivity contribution is -0.898. The first kappa shape index (κ1) is 20.0. The summed E-state index contributed by atoms with van der Waals surface area (Å²) in [6.45, 7) is 7.86. The number of nitrogens with zero attached hydrogens (tertiary/aromatic N) is 1. The van der Waals surface area contributed by atoms with Crippen molar-refractivity contribution in [3.8, 4) is 0 Å². The summed E-state index contributed by atoms with van der Waals surface area (Å²) >= 11 is 7.08. The van der Waals surface area contributed by atoms with E-state index >= 15 is 0 Å². The Balaban J connectivity index is 1.49. The largest absolute Gasteiger partial charge is 0.360 e. The van der Waals surface area contributed by atoms with Crippen LogP contribution in [0.4, 0.5) is 15.8 Å². The van der Waals surface area contributed by atoms with Gasteiger partial charge < -0.3 is 15.1 Å². The molecule has 0 bridgehead atoms. The van der Waals surface area contributed by atoms with Crippen LogP contribution in [0.2, 0.25) is 5.02 Å². The highest BCUT2D eigenvalue weighted by atomic mass is 35.5. The number of halogens is 2. The van der Waals surface area contributed by atoms with Gasteiger partial charge in [-0.2, -0.15) is 0 Å². The standard InChI is InChI=1S/C20H23ClFN3OS/c1-2-24-9-11-25(12-10-24)16-5-3-15(4-6-16)23-20(26)14-27-17-7-8-19(22)18(21)13-17/h3-8,13H,2,9-12,14H2,1H3,(H,23,26)/p+1. The van der Waals surface area contributed by atoms with Crippen LogP contribution in [0, 0.1) is 5.82 Å². The number of benzene rings is 2. The minimum absolute atomic E-state index is 0.0670. The zero-order valence-electron chi connectivity index (χ0n) is 15.3. The maximum atomic E-state index is 13.2. The number of anilines is 2. The van der Waals surface area contributed by atoms with Crippen LogP contribution in [0.15, 0.2) is 47.4 Å². The predicted octanol–water partition coefficient (Wildman–Crippen LogP) is 2.93. The van der Waals surface area contributed by atoms with Crippen LogP contribution < -0.4 is 15.1 Å². The van der Waals surface area contributed by atoms with Crippen LogP contribution in [0.25, 0.3) is 0 Å². The van der Waals surface area contributed by atoms with Crippen molar-refractivity contribution in [2.45, 2.75) is 11.8 Å². The molecule has 2 aromatic carbocycles.